The molecule has 1 heterocycles. The monoisotopic (exact) mass is 282 g/mol. The molecule has 0 unspecified atom stereocenters. The Labute approximate surface area is 119 Å². The van der Waals surface area contributed by atoms with E-state index in [0.717, 1.165) is 30.6 Å². The highest BCUT2D eigenvalue weighted by Gasteiger charge is 2.15. The second kappa shape index (κ2) is 8.04. The molecule has 19 heavy (non-hydrogen) atoms. The van der Waals surface area contributed by atoms with Gasteiger partial charge in [0.25, 0.3) is 0 Å². The third kappa shape index (κ3) is 5.11. The average molecular weight is 282 g/mol. The minimum atomic E-state index is -0.921. The second-order valence-electron chi connectivity index (χ2n) is 4.59. The number of carbonyl (C=O) groups is 1. The number of anilines is 1. The zero-order valence-electron chi connectivity index (χ0n) is 11.8. The number of carboxylic acid groups (broad SMARTS) is 1. The quantitative estimate of drug-likeness (QED) is 0.716. The minimum Gasteiger partial charge on any atom is -0.478 e. The lowest BCUT2D eigenvalue weighted by Crippen LogP contribution is -2.12. The Kier molecular flexibility index (Phi) is 6.70. The number of thioether (sulfide) groups is 1. The van der Waals surface area contributed by atoms with Gasteiger partial charge in [-0.2, -0.15) is 11.8 Å². The van der Waals surface area contributed by atoms with Gasteiger partial charge in [-0.15, -0.1) is 0 Å². The lowest BCUT2D eigenvalue weighted by Gasteiger charge is -2.11. The summed E-state index contributed by atoms with van der Waals surface area (Å²) in [6, 6.07) is 1.80. The molecule has 0 atom stereocenters. The number of carboxylic acids is 1. The smallest absolute Gasteiger partial charge is 0.339 e. The van der Waals surface area contributed by atoms with Crippen LogP contribution in [0.25, 0.3) is 0 Å². The highest BCUT2D eigenvalue weighted by molar-refractivity contribution is 7.98. The molecule has 0 radical (unpaired) electrons. The molecule has 106 valence electrons. The van der Waals surface area contributed by atoms with Gasteiger partial charge in [0.1, 0.15) is 11.4 Å². The number of aromatic nitrogens is 1. The fourth-order valence-electron chi connectivity index (χ4n) is 1.99. The molecule has 0 bridgehead atoms. The Morgan fingerprint density at radius 1 is 1.37 bits per heavy atom. The Balaban J connectivity index is 2.59. The number of aromatic carboxylic acids is 1. The summed E-state index contributed by atoms with van der Waals surface area (Å²) in [6.07, 6.45) is 5.50. The lowest BCUT2D eigenvalue weighted by molar-refractivity contribution is 0.0697. The normalized spacial score (nSPS) is 10.5. The van der Waals surface area contributed by atoms with Gasteiger partial charge in [-0.25, -0.2) is 9.78 Å². The number of aryl methyl sites for hydroxylation is 2. The second-order valence-corrected chi connectivity index (χ2v) is 5.58. The van der Waals surface area contributed by atoms with E-state index >= 15 is 0 Å². The largest absolute Gasteiger partial charge is 0.478 e. The van der Waals surface area contributed by atoms with Crippen LogP contribution in [0.2, 0.25) is 0 Å². The Morgan fingerprint density at radius 3 is 2.74 bits per heavy atom. The van der Waals surface area contributed by atoms with Gasteiger partial charge >= 0.3 is 5.97 Å². The minimum absolute atomic E-state index is 0.287. The maximum atomic E-state index is 11.2. The first-order chi connectivity index (χ1) is 9.06. The molecule has 0 fully saturated rings. The van der Waals surface area contributed by atoms with E-state index in [1.807, 2.05) is 25.6 Å². The zero-order valence-corrected chi connectivity index (χ0v) is 12.6. The van der Waals surface area contributed by atoms with Gasteiger partial charge in [0, 0.05) is 12.2 Å². The lowest BCUT2D eigenvalue weighted by atomic mass is 10.1. The molecule has 1 rings (SSSR count). The van der Waals surface area contributed by atoms with Crippen molar-refractivity contribution in [2.45, 2.75) is 33.1 Å². The Hall–Kier alpha value is -1.23. The predicted octanol–water partition coefficient (Wildman–Crippen LogP) is 3.34. The SMILES string of the molecule is CSCCCCCNc1nc(C)cc(C)c1C(=O)O. The van der Waals surface area contributed by atoms with E-state index < -0.39 is 5.97 Å². The summed E-state index contributed by atoms with van der Waals surface area (Å²) in [5.74, 6) is 0.757. The van der Waals surface area contributed by atoms with Gasteiger partial charge in [0.05, 0.1) is 0 Å². The maximum Gasteiger partial charge on any atom is 0.339 e. The predicted molar refractivity (Wildman–Crippen MR) is 81.4 cm³/mol. The first-order valence-electron chi connectivity index (χ1n) is 6.50. The van der Waals surface area contributed by atoms with Crippen LogP contribution < -0.4 is 5.32 Å². The van der Waals surface area contributed by atoms with Gasteiger partial charge in [-0.1, -0.05) is 6.42 Å². The van der Waals surface area contributed by atoms with E-state index in [1.165, 1.54) is 12.2 Å². The molecule has 1 aromatic rings. The van der Waals surface area contributed by atoms with Gasteiger partial charge < -0.3 is 10.4 Å². The van der Waals surface area contributed by atoms with Crippen LogP contribution in [0, 0.1) is 13.8 Å². The number of unbranched alkanes of at least 4 members (excludes halogenated alkanes) is 2. The van der Waals surface area contributed by atoms with Crippen LogP contribution in [0.5, 0.6) is 0 Å². The molecule has 0 saturated heterocycles. The van der Waals surface area contributed by atoms with Crippen molar-refractivity contribution >= 4 is 23.5 Å². The molecule has 0 aliphatic heterocycles. The van der Waals surface area contributed by atoms with E-state index in [0.29, 0.717) is 5.82 Å². The molecule has 0 aromatic carbocycles. The van der Waals surface area contributed by atoms with Gasteiger partial charge in [0.15, 0.2) is 0 Å². The summed E-state index contributed by atoms with van der Waals surface area (Å²) in [5, 5.41) is 12.4. The number of hydrogen-bond acceptors (Lipinski definition) is 4. The molecule has 1 aromatic heterocycles. The Bertz CT molecular complexity index is 436. The summed E-state index contributed by atoms with van der Waals surface area (Å²) in [5.41, 5.74) is 1.88. The van der Waals surface area contributed by atoms with Crippen molar-refractivity contribution in [1.82, 2.24) is 4.98 Å². The number of hydrogen-bond donors (Lipinski definition) is 2. The first kappa shape index (κ1) is 15.8. The van der Waals surface area contributed by atoms with Gasteiger partial charge in [-0.3, -0.25) is 0 Å². The molecule has 0 saturated carbocycles. The van der Waals surface area contributed by atoms with Gasteiger partial charge in [-0.05, 0) is 50.3 Å². The highest BCUT2D eigenvalue weighted by Crippen LogP contribution is 2.18. The van der Waals surface area contributed by atoms with Crippen molar-refractivity contribution in [3.8, 4) is 0 Å². The van der Waals surface area contributed by atoms with E-state index in [-0.39, 0.29) is 5.56 Å². The molecule has 0 aliphatic carbocycles. The van der Waals surface area contributed by atoms with Crippen LogP contribution in [0.3, 0.4) is 0 Å². The van der Waals surface area contributed by atoms with E-state index in [1.54, 1.807) is 6.07 Å². The molecule has 2 N–H and O–H groups in total. The van der Waals surface area contributed by atoms with Crippen LogP contribution in [-0.4, -0.2) is 34.6 Å². The molecular formula is C14H22N2O2S. The number of rotatable bonds is 8. The van der Waals surface area contributed by atoms with Crippen LogP contribution in [0.15, 0.2) is 6.07 Å². The van der Waals surface area contributed by atoms with E-state index in [2.05, 4.69) is 16.6 Å². The molecule has 0 amide bonds. The summed E-state index contributed by atoms with van der Waals surface area (Å²) >= 11 is 1.86. The van der Waals surface area contributed by atoms with Crippen molar-refractivity contribution in [3.63, 3.8) is 0 Å². The third-order valence-electron chi connectivity index (χ3n) is 2.88. The fraction of sp³-hybridized carbons (Fsp3) is 0.571. The van der Waals surface area contributed by atoms with E-state index in [9.17, 15) is 9.90 Å². The number of pyridine rings is 1. The van der Waals surface area contributed by atoms with Crippen molar-refractivity contribution in [2.24, 2.45) is 0 Å². The molecule has 4 nitrogen and oxygen atoms in total. The first-order valence-corrected chi connectivity index (χ1v) is 7.90. The van der Waals surface area contributed by atoms with E-state index in [4.69, 9.17) is 0 Å². The molecule has 0 spiro atoms. The van der Waals surface area contributed by atoms with Crippen molar-refractivity contribution < 1.29 is 9.90 Å². The van der Waals surface area contributed by atoms with Crippen LogP contribution in [-0.2, 0) is 0 Å². The average Bonchev–Trinajstić information content (AvgIpc) is 2.32. The molecular weight excluding hydrogens is 260 g/mol. The number of nitrogens with zero attached hydrogens (tertiary/aromatic N) is 1. The van der Waals surface area contributed by atoms with Crippen molar-refractivity contribution in [1.29, 1.82) is 0 Å². The van der Waals surface area contributed by atoms with Crippen LogP contribution in [0.1, 0.15) is 40.9 Å². The standard InChI is InChI=1S/C14H22N2O2S/c1-10-9-11(2)16-13(12(10)14(17)18)15-7-5-4-6-8-19-3/h9H,4-8H2,1-3H3,(H,15,16)(H,17,18). The van der Waals surface area contributed by atoms with Crippen LogP contribution >= 0.6 is 11.8 Å². The maximum absolute atomic E-state index is 11.2. The summed E-state index contributed by atoms with van der Waals surface area (Å²) in [4.78, 5) is 15.5. The third-order valence-corrected chi connectivity index (χ3v) is 3.57. The summed E-state index contributed by atoms with van der Waals surface area (Å²) in [7, 11) is 0. The van der Waals surface area contributed by atoms with Crippen molar-refractivity contribution in [3.05, 3.63) is 22.9 Å². The van der Waals surface area contributed by atoms with Gasteiger partial charge in [0.2, 0.25) is 0 Å². The summed E-state index contributed by atoms with van der Waals surface area (Å²) in [6.45, 7) is 4.45. The molecule has 0 aliphatic rings. The zero-order chi connectivity index (χ0) is 14.3. The fourth-order valence-corrected chi connectivity index (χ4v) is 2.48. The van der Waals surface area contributed by atoms with Crippen LogP contribution in [0.4, 0.5) is 5.82 Å². The highest BCUT2D eigenvalue weighted by atomic mass is 32.2. The summed E-state index contributed by atoms with van der Waals surface area (Å²) < 4.78 is 0. The number of nitrogens with one attached hydrogen (secondary N) is 1. The van der Waals surface area contributed by atoms with Crippen molar-refractivity contribution in [2.75, 3.05) is 23.9 Å². The Morgan fingerprint density at radius 2 is 2.11 bits per heavy atom. The molecule has 5 heteroatoms. The topological polar surface area (TPSA) is 62.2 Å².